The molecule has 122 valence electrons. The van der Waals surface area contributed by atoms with Crippen LogP contribution in [0.2, 0.25) is 0 Å². The fourth-order valence-corrected chi connectivity index (χ4v) is 1.94. The first-order valence-corrected chi connectivity index (χ1v) is 7.05. The summed E-state index contributed by atoms with van der Waals surface area (Å²) in [6, 6.07) is 0. The van der Waals surface area contributed by atoms with Crippen LogP contribution < -0.4 is 11.3 Å². The number of nitrogens with zero attached hydrogens (tertiary/aromatic N) is 3. The second-order valence-corrected chi connectivity index (χ2v) is 5.33. The Hall–Kier alpha value is -1.97. The van der Waals surface area contributed by atoms with Crippen molar-refractivity contribution in [3.05, 3.63) is 16.7 Å². The lowest BCUT2D eigenvalue weighted by Gasteiger charge is -2.14. The molecule has 9 heteroatoms. The highest BCUT2D eigenvalue weighted by molar-refractivity contribution is 5.70. The third kappa shape index (κ3) is 4.26. The molecular weight excluding hydrogens is 290 g/mol. The Morgan fingerprint density at radius 1 is 1.45 bits per heavy atom. The second-order valence-electron chi connectivity index (χ2n) is 5.33. The molecule has 0 spiro atoms. The van der Waals surface area contributed by atoms with Gasteiger partial charge in [0.2, 0.25) is 5.95 Å². The fraction of sp³-hybridized carbons (Fsp3) is 0.615. The van der Waals surface area contributed by atoms with E-state index in [2.05, 4.69) is 15.0 Å². The number of nitrogens with two attached hydrogens (primary N) is 1. The number of aromatic nitrogens is 4. The Labute approximate surface area is 127 Å². The number of anilines is 1. The van der Waals surface area contributed by atoms with Crippen molar-refractivity contribution in [2.45, 2.75) is 33.3 Å². The van der Waals surface area contributed by atoms with Gasteiger partial charge in [-0.3, -0.25) is 14.3 Å². The van der Waals surface area contributed by atoms with E-state index in [1.807, 2.05) is 13.8 Å². The first kappa shape index (κ1) is 16.4. The van der Waals surface area contributed by atoms with Crippen molar-refractivity contribution in [2.24, 2.45) is 5.92 Å². The van der Waals surface area contributed by atoms with E-state index in [9.17, 15) is 9.90 Å². The minimum Gasteiger partial charge on any atom is -0.369 e. The molecule has 0 bridgehead atoms. The highest BCUT2D eigenvalue weighted by Gasteiger charge is 2.09. The molecule has 0 saturated carbocycles. The number of aromatic amines is 1. The molecule has 0 fully saturated rings. The van der Waals surface area contributed by atoms with Crippen molar-refractivity contribution in [1.82, 2.24) is 19.5 Å². The Bertz CT molecular complexity index is 666. The van der Waals surface area contributed by atoms with E-state index in [4.69, 9.17) is 15.2 Å². The Balaban J connectivity index is 1.82. The van der Waals surface area contributed by atoms with Crippen molar-refractivity contribution < 1.29 is 14.6 Å². The lowest BCUT2D eigenvalue weighted by molar-refractivity contribution is -0.124. The summed E-state index contributed by atoms with van der Waals surface area (Å²) in [6.45, 7) is 4.75. The zero-order valence-corrected chi connectivity index (χ0v) is 12.7. The fourth-order valence-electron chi connectivity index (χ4n) is 1.94. The van der Waals surface area contributed by atoms with Gasteiger partial charge in [-0.15, -0.1) is 0 Å². The van der Waals surface area contributed by atoms with Crippen LogP contribution in [-0.2, 0) is 16.2 Å². The zero-order valence-electron chi connectivity index (χ0n) is 12.7. The molecule has 0 amide bonds. The summed E-state index contributed by atoms with van der Waals surface area (Å²) in [4.78, 5) is 22.0. The molecule has 0 aliphatic rings. The average Bonchev–Trinajstić information content (AvgIpc) is 2.81. The van der Waals surface area contributed by atoms with Gasteiger partial charge in [-0.05, 0) is 5.92 Å². The number of hydrogen-bond acceptors (Lipinski definition) is 7. The van der Waals surface area contributed by atoms with E-state index in [1.54, 1.807) is 4.57 Å². The van der Waals surface area contributed by atoms with Crippen LogP contribution in [0.1, 0.15) is 20.3 Å². The van der Waals surface area contributed by atoms with Crippen molar-refractivity contribution in [3.63, 3.8) is 0 Å². The minimum atomic E-state index is -0.780. The predicted molar refractivity (Wildman–Crippen MR) is 79.9 cm³/mol. The molecule has 2 rings (SSSR count). The summed E-state index contributed by atoms with van der Waals surface area (Å²) in [6.07, 6.45) is 1.26. The number of hydrogen-bond donors (Lipinski definition) is 3. The van der Waals surface area contributed by atoms with Crippen LogP contribution in [0.25, 0.3) is 11.2 Å². The molecule has 0 aliphatic heterocycles. The van der Waals surface area contributed by atoms with Gasteiger partial charge in [-0.2, -0.15) is 4.98 Å². The van der Waals surface area contributed by atoms with E-state index < -0.39 is 6.29 Å². The molecule has 0 radical (unpaired) electrons. The van der Waals surface area contributed by atoms with Crippen molar-refractivity contribution in [1.29, 1.82) is 0 Å². The number of ether oxygens (including phenoxy) is 2. The van der Waals surface area contributed by atoms with Crippen LogP contribution in [0.4, 0.5) is 5.95 Å². The van der Waals surface area contributed by atoms with E-state index in [0.29, 0.717) is 24.6 Å². The summed E-state index contributed by atoms with van der Waals surface area (Å²) in [5.74, 6) is 0.391. The molecule has 4 N–H and O–H groups in total. The van der Waals surface area contributed by atoms with E-state index in [-0.39, 0.29) is 30.4 Å². The third-order valence-electron chi connectivity index (χ3n) is 2.93. The summed E-state index contributed by atoms with van der Waals surface area (Å²) in [5.41, 5.74) is 5.69. The first-order chi connectivity index (χ1) is 10.5. The molecule has 0 saturated heterocycles. The van der Waals surface area contributed by atoms with E-state index in [1.165, 1.54) is 6.33 Å². The van der Waals surface area contributed by atoms with E-state index >= 15 is 0 Å². The normalized spacial score (nSPS) is 13.1. The van der Waals surface area contributed by atoms with Gasteiger partial charge in [0.05, 0.1) is 19.5 Å². The van der Waals surface area contributed by atoms with Gasteiger partial charge in [0.25, 0.3) is 5.56 Å². The Morgan fingerprint density at radius 2 is 2.23 bits per heavy atom. The molecule has 2 aromatic rings. The molecule has 1 atom stereocenters. The van der Waals surface area contributed by atoms with Gasteiger partial charge in [-0.25, -0.2) is 4.98 Å². The van der Waals surface area contributed by atoms with Crippen LogP contribution in [0.15, 0.2) is 11.1 Å². The topological polar surface area (TPSA) is 128 Å². The lowest BCUT2D eigenvalue weighted by Crippen LogP contribution is -2.18. The monoisotopic (exact) mass is 311 g/mol. The summed E-state index contributed by atoms with van der Waals surface area (Å²) in [5, 5.41) is 9.55. The molecular formula is C13H21N5O4. The number of aliphatic hydroxyl groups excluding tert-OH is 1. The van der Waals surface area contributed by atoms with Crippen molar-refractivity contribution >= 4 is 17.1 Å². The first-order valence-electron chi connectivity index (χ1n) is 7.05. The predicted octanol–water partition coefficient (Wildman–Crippen LogP) is 0.0570. The van der Waals surface area contributed by atoms with Gasteiger partial charge < -0.3 is 20.3 Å². The molecule has 0 aromatic carbocycles. The maximum Gasteiger partial charge on any atom is 0.280 e. The number of nitrogens with one attached hydrogen (secondary N) is 1. The maximum atomic E-state index is 11.6. The van der Waals surface area contributed by atoms with Gasteiger partial charge in [-0.1, -0.05) is 13.8 Å². The quantitative estimate of drug-likeness (QED) is 0.464. The zero-order chi connectivity index (χ0) is 16.1. The number of rotatable bonds is 8. The number of H-pyrrole nitrogens is 1. The standard InChI is InChI=1S/C13H21N5O4/c1-8(2)5-9(19)22-4-3-21-7-18-6-15-10-11(18)16-13(14)17-12(10)20/h6,8-9,19H,3-5,7H2,1-2H3,(H3,14,16,17,20). The number of nitrogen functional groups attached to an aromatic ring is 1. The van der Waals surface area contributed by atoms with Crippen molar-refractivity contribution in [2.75, 3.05) is 18.9 Å². The minimum absolute atomic E-state index is 0.0272. The van der Waals surface area contributed by atoms with Crippen molar-refractivity contribution in [3.8, 4) is 0 Å². The van der Waals surface area contributed by atoms with Gasteiger partial charge in [0.1, 0.15) is 6.73 Å². The molecule has 0 aliphatic carbocycles. The average molecular weight is 311 g/mol. The highest BCUT2D eigenvalue weighted by Crippen LogP contribution is 2.07. The SMILES string of the molecule is CC(C)CC(O)OCCOCn1cnc2c(=O)[nH]c(N)nc21. The number of fused-ring (bicyclic) bond motifs is 1. The van der Waals surface area contributed by atoms with Crippen LogP contribution >= 0.6 is 0 Å². The third-order valence-corrected chi connectivity index (χ3v) is 2.93. The Morgan fingerprint density at radius 3 is 2.95 bits per heavy atom. The molecule has 9 nitrogen and oxygen atoms in total. The van der Waals surface area contributed by atoms with Crippen LogP contribution in [-0.4, -0.2) is 44.1 Å². The van der Waals surface area contributed by atoms with Gasteiger partial charge >= 0.3 is 0 Å². The molecule has 22 heavy (non-hydrogen) atoms. The summed E-state index contributed by atoms with van der Waals surface area (Å²) < 4.78 is 12.2. The molecule has 1 unspecified atom stereocenters. The Kier molecular flexibility index (Phi) is 5.47. The number of aliphatic hydroxyl groups is 1. The highest BCUT2D eigenvalue weighted by atomic mass is 16.6. The molecule has 2 aromatic heterocycles. The molecule has 2 heterocycles. The van der Waals surface area contributed by atoms with Crippen LogP contribution in [0, 0.1) is 5.92 Å². The van der Waals surface area contributed by atoms with Gasteiger partial charge in [0.15, 0.2) is 17.5 Å². The van der Waals surface area contributed by atoms with E-state index in [0.717, 1.165) is 0 Å². The smallest absolute Gasteiger partial charge is 0.280 e. The summed E-state index contributed by atoms with van der Waals surface area (Å²) in [7, 11) is 0. The lowest BCUT2D eigenvalue weighted by atomic mass is 10.1. The van der Waals surface area contributed by atoms with Crippen LogP contribution in [0.5, 0.6) is 0 Å². The largest absolute Gasteiger partial charge is 0.369 e. The maximum absolute atomic E-state index is 11.6. The second kappa shape index (κ2) is 7.34. The number of imidazole rings is 1. The van der Waals surface area contributed by atoms with Gasteiger partial charge in [0, 0.05) is 6.42 Å². The van der Waals surface area contributed by atoms with Crippen LogP contribution in [0.3, 0.4) is 0 Å². The summed E-state index contributed by atoms with van der Waals surface area (Å²) >= 11 is 0.